The minimum Gasteiger partial charge on any atom is -0.387 e. The number of carbonyl (C=O) groups is 1. The topological polar surface area (TPSA) is 122 Å². The zero-order chi connectivity index (χ0) is 26.9. The zero-order valence-corrected chi connectivity index (χ0v) is 20.3. The number of nitriles is 1. The van der Waals surface area contributed by atoms with Gasteiger partial charge in [-0.05, 0) is 56.8 Å². The minimum atomic E-state index is -4.26. The average Bonchev–Trinajstić information content (AvgIpc) is 2.76. The average molecular weight is 513 g/mol. The van der Waals surface area contributed by atoms with Crippen LogP contribution in [0.4, 0.5) is 23.2 Å². The van der Waals surface area contributed by atoms with Crippen molar-refractivity contribution in [2.24, 2.45) is 11.0 Å². The first-order valence-electron chi connectivity index (χ1n) is 11.4. The Morgan fingerprint density at radius 2 is 2.06 bits per heavy atom. The molecule has 0 unspecified atom stereocenters. The molecule has 2 rings (SSSR count). The van der Waals surface area contributed by atoms with Gasteiger partial charge in [0.2, 0.25) is 0 Å². The zero-order valence-electron chi connectivity index (χ0n) is 20.3. The third-order valence-corrected chi connectivity index (χ3v) is 5.63. The molecule has 0 bridgehead atoms. The Morgan fingerprint density at radius 1 is 1.36 bits per heavy atom. The molecule has 1 aliphatic rings. The fourth-order valence-corrected chi connectivity index (χ4v) is 3.49. The van der Waals surface area contributed by atoms with Crippen LogP contribution in [0.25, 0.3) is 0 Å². The molecule has 0 heterocycles. The van der Waals surface area contributed by atoms with Crippen molar-refractivity contribution in [2.75, 3.05) is 25.0 Å². The van der Waals surface area contributed by atoms with Crippen molar-refractivity contribution in [2.45, 2.75) is 57.2 Å². The van der Waals surface area contributed by atoms with E-state index in [2.05, 4.69) is 33.1 Å². The van der Waals surface area contributed by atoms with E-state index in [-0.39, 0.29) is 42.7 Å². The number of rotatable bonds is 13. The van der Waals surface area contributed by atoms with Crippen LogP contribution in [-0.4, -0.2) is 60.9 Å². The molecule has 0 aliphatic heterocycles. The Hall–Kier alpha value is -3.17. The minimum absolute atomic E-state index is 0.0419. The van der Waals surface area contributed by atoms with Gasteiger partial charge < -0.3 is 26.5 Å². The molecule has 36 heavy (non-hydrogen) atoms. The molecular formula is C24H32F4N6O2. The number of anilines is 1. The molecule has 1 fully saturated rings. The van der Waals surface area contributed by atoms with Gasteiger partial charge in [-0.2, -0.15) is 23.5 Å². The highest BCUT2D eigenvalue weighted by atomic mass is 19.4. The molecule has 0 spiro atoms. The van der Waals surface area contributed by atoms with Gasteiger partial charge in [0.25, 0.3) is 5.91 Å². The number of carbonyl (C=O) groups excluding carboxylic acids is 1. The molecular weight excluding hydrogens is 480 g/mol. The van der Waals surface area contributed by atoms with E-state index in [4.69, 9.17) is 5.26 Å². The Balaban J connectivity index is 2.04. The highest BCUT2D eigenvalue weighted by Gasteiger charge is 2.32. The van der Waals surface area contributed by atoms with Crippen molar-refractivity contribution >= 4 is 17.8 Å². The van der Waals surface area contributed by atoms with Gasteiger partial charge in [0.1, 0.15) is 12.2 Å². The van der Waals surface area contributed by atoms with Crippen molar-refractivity contribution in [3.05, 3.63) is 41.5 Å². The van der Waals surface area contributed by atoms with E-state index in [0.29, 0.717) is 18.5 Å². The summed E-state index contributed by atoms with van der Waals surface area (Å²) in [6, 6.07) is 6.79. The van der Waals surface area contributed by atoms with Gasteiger partial charge in [-0.1, -0.05) is 12.6 Å². The first-order valence-corrected chi connectivity index (χ1v) is 11.4. The number of nitrogens with one attached hydrogen (secondary N) is 4. The number of hydrogen-bond acceptors (Lipinski definition) is 7. The van der Waals surface area contributed by atoms with Crippen LogP contribution in [0.3, 0.4) is 0 Å². The SMILES string of the molecule is C=C(C#N)/C=N\NCc1ccc(C(=O)NC[C@@H](F)C(C)(C)O)c(NC2CC(CNCC(F)(F)F)C2)c1. The van der Waals surface area contributed by atoms with Crippen molar-refractivity contribution in [3.8, 4) is 6.07 Å². The molecule has 5 N–H and O–H groups in total. The van der Waals surface area contributed by atoms with E-state index in [9.17, 15) is 27.5 Å². The van der Waals surface area contributed by atoms with E-state index in [1.807, 2.05) is 6.07 Å². The molecule has 1 amide bonds. The Bertz CT molecular complexity index is 978. The van der Waals surface area contributed by atoms with E-state index in [1.54, 1.807) is 18.2 Å². The number of hydrazone groups is 1. The summed E-state index contributed by atoms with van der Waals surface area (Å²) in [5, 5.41) is 30.5. The number of alkyl halides is 4. The fourth-order valence-electron chi connectivity index (χ4n) is 3.49. The number of aliphatic hydroxyl groups is 1. The second-order valence-corrected chi connectivity index (χ2v) is 9.37. The highest BCUT2D eigenvalue weighted by molar-refractivity contribution is 5.99. The van der Waals surface area contributed by atoms with Gasteiger partial charge in [-0.3, -0.25) is 4.79 Å². The van der Waals surface area contributed by atoms with Crippen LogP contribution >= 0.6 is 0 Å². The first kappa shape index (κ1) is 29.1. The smallest absolute Gasteiger partial charge is 0.387 e. The molecule has 0 saturated heterocycles. The largest absolute Gasteiger partial charge is 0.401 e. The van der Waals surface area contributed by atoms with Crippen LogP contribution in [0.15, 0.2) is 35.5 Å². The predicted octanol–water partition coefficient (Wildman–Crippen LogP) is 3.02. The lowest BCUT2D eigenvalue weighted by molar-refractivity contribution is -0.125. The van der Waals surface area contributed by atoms with Crippen LogP contribution in [0.2, 0.25) is 0 Å². The summed E-state index contributed by atoms with van der Waals surface area (Å²) in [5.74, 6) is -0.455. The van der Waals surface area contributed by atoms with Crippen molar-refractivity contribution in [1.29, 1.82) is 5.26 Å². The third kappa shape index (κ3) is 9.83. The van der Waals surface area contributed by atoms with Crippen LogP contribution in [0, 0.1) is 17.2 Å². The van der Waals surface area contributed by atoms with Crippen LogP contribution in [0.1, 0.15) is 42.6 Å². The second kappa shape index (κ2) is 12.7. The normalized spacial score (nSPS) is 18.7. The molecule has 1 saturated carbocycles. The third-order valence-electron chi connectivity index (χ3n) is 5.63. The molecule has 1 aliphatic carbocycles. The summed E-state index contributed by atoms with van der Waals surface area (Å²) in [6.07, 6.45) is -3.40. The summed E-state index contributed by atoms with van der Waals surface area (Å²) < 4.78 is 51.0. The number of benzene rings is 1. The number of amides is 1. The molecule has 1 aromatic carbocycles. The molecule has 0 aromatic heterocycles. The van der Waals surface area contributed by atoms with Crippen molar-refractivity contribution in [1.82, 2.24) is 16.1 Å². The Kier molecular flexibility index (Phi) is 10.2. The lowest BCUT2D eigenvalue weighted by atomic mass is 9.80. The van der Waals surface area contributed by atoms with Gasteiger partial charge in [0.05, 0.1) is 42.6 Å². The van der Waals surface area contributed by atoms with Gasteiger partial charge in [0, 0.05) is 11.7 Å². The second-order valence-electron chi connectivity index (χ2n) is 9.37. The molecule has 1 atom stereocenters. The number of hydrogen-bond donors (Lipinski definition) is 5. The number of allylic oxidation sites excluding steroid dienone is 1. The lowest BCUT2D eigenvalue weighted by Crippen LogP contribution is -2.43. The maximum atomic E-state index is 14.1. The van der Waals surface area contributed by atoms with E-state index in [1.165, 1.54) is 20.1 Å². The summed E-state index contributed by atoms with van der Waals surface area (Å²) in [6.45, 7) is 5.22. The van der Waals surface area contributed by atoms with Gasteiger partial charge >= 0.3 is 6.18 Å². The molecule has 198 valence electrons. The van der Waals surface area contributed by atoms with Crippen molar-refractivity contribution < 1.29 is 27.5 Å². The quantitative estimate of drug-likeness (QED) is 0.120. The van der Waals surface area contributed by atoms with E-state index < -0.39 is 30.4 Å². The van der Waals surface area contributed by atoms with E-state index >= 15 is 0 Å². The molecule has 8 nitrogen and oxygen atoms in total. The Morgan fingerprint density at radius 3 is 2.67 bits per heavy atom. The van der Waals surface area contributed by atoms with Crippen LogP contribution in [0.5, 0.6) is 0 Å². The summed E-state index contributed by atoms with van der Waals surface area (Å²) in [5.41, 5.74) is 2.86. The highest BCUT2D eigenvalue weighted by Crippen LogP contribution is 2.31. The van der Waals surface area contributed by atoms with E-state index in [0.717, 1.165) is 5.56 Å². The van der Waals surface area contributed by atoms with Gasteiger partial charge in [-0.25, -0.2) is 4.39 Å². The molecule has 0 radical (unpaired) electrons. The first-order chi connectivity index (χ1) is 16.8. The maximum absolute atomic E-state index is 14.1. The lowest BCUT2D eigenvalue weighted by Gasteiger charge is -2.37. The maximum Gasteiger partial charge on any atom is 0.401 e. The van der Waals surface area contributed by atoms with Crippen molar-refractivity contribution in [3.63, 3.8) is 0 Å². The predicted molar refractivity (Wildman–Crippen MR) is 129 cm³/mol. The monoisotopic (exact) mass is 512 g/mol. The number of nitrogens with zero attached hydrogens (tertiary/aromatic N) is 2. The summed E-state index contributed by atoms with van der Waals surface area (Å²) >= 11 is 0. The van der Waals surface area contributed by atoms with Crippen LogP contribution < -0.4 is 21.4 Å². The number of halogens is 4. The molecule has 1 aromatic rings. The summed E-state index contributed by atoms with van der Waals surface area (Å²) in [4.78, 5) is 12.8. The fraction of sp³-hybridized carbons (Fsp3) is 0.542. The van der Waals surface area contributed by atoms with Gasteiger partial charge in [-0.15, -0.1) is 0 Å². The molecule has 12 heteroatoms. The van der Waals surface area contributed by atoms with Gasteiger partial charge in [0.15, 0.2) is 0 Å². The summed E-state index contributed by atoms with van der Waals surface area (Å²) in [7, 11) is 0. The standard InChI is InChI=1S/C24H32F4N6O2/c1-15(9-29)10-32-33-12-16-4-5-19(22(35)31-13-21(25)23(2,3)36)20(8-16)34-18-6-17(7-18)11-30-14-24(26,27)28/h4-5,8,10,17-18,21,30,33-34,36H,1,6-7,11-14H2,2-3H3,(H,31,35)/b32-10-/t17?,18?,21-/m1/s1. The Labute approximate surface area is 207 Å². The van der Waals surface area contributed by atoms with Crippen LogP contribution in [-0.2, 0) is 6.54 Å².